The lowest BCUT2D eigenvalue weighted by Crippen LogP contribution is -2.20. The van der Waals surface area contributed by atoms with Crippen LogP contribution in [0.1, 0.15) is 29.5 Å². The number of rotatable bonds is 5. The molecule has 5 aromatic rings. The number of carbonyl (C=O) groups excluding carboxylic acids is 1. The monoisotopic (exact) mass is 528 g/mol. The van der Waals surface area contributed by atoms with Crippen molar-refractivity contribution >= 4 is 17.4 Å². The Labute approximate surface area is 232 Å². The fourth-order valence-corrected chi connectivity index (χ4v) is 4.96. The van der Waals surface area contributed by atoms with Crippen LogP contribution in [0.3, 0.4) is 0 Å². The highest BCUT2D eigenvalue weighted by atomic mass is 16.5. The number of nitrogens with zero attached hydrogens (tertiary/aromatic N) is 3. The first-order valence-electron chi connectivity index (χ1n) is 13.1. The van der Waals surface area contributed by atoms with E-state index in [0.717, 1.165) is 39.0 Å². The third kappa shape index (κ3) is 5.19. The van der Waals surface area contributed by atoms with Gasteiger partial charge in [-0.15, -0.1) is 10.2 Å². The molecule has 0 fully saturated rings. The van der Waals surface area contributed by atoms with Crippen molar-refractivity contribution in [1.29, 1.82) is 0 Å². The molecule has 1 aliphatic heterocycles. The number of hydrogen-bond acceptors (Lipinski definition) is 5. The molecule has 0 saturated heterocycles. The van der Waals surface area contributed by atoms with Crippen LogP contribution < -0.4 is 15.4 Å². The van der Waals surface area contributed by atoms with Gasteiger partial charge in [0.05, 0.1) is 5.69 Å². The minimum absolute atomic E-state index is 0.0725. The molecular weight excluding hydrogens is 500 g/mol. The molecule has 8 nitrogen and oxygen atoms in total. The number of nitrogens with one attached hydrogen (secondary N) is 3. The highest BCUT2D eigenvalue weighted by Gasteiger charge is 2.25. The fourth-order valence-electron chi connectivity index (χ4n) is 4.96. The fraction of sp³-hybridized carbons (Fsp3) is 0.125. The number of aromatic nitrogens is 4. The number of aromatic amines is 1. The summed E-state index contributed by atoms with van der Waals surface area (Å²) in [6, 6.07) is 29.6. The van der Waals surface area contributed by atoms with Crippen molar-refractivity contribution < 1.29 is 9.53 Å². The smallest absolute Gasteiger partial charge is 0.323 e. The lowest BCUT2D eigenvalue weighted by Gasteiger charge is -2.21. The Morgan fingerprint density at radius 3 is 2.40 bits per heavy atom. The van der Waals surface area contributed by atoms with E-state index in [4.69, 9.17) is 4.74 Å². The molecule has 6 rings (SSSR count). The Morgan fingerprint density at radius 2 is 1.65 bits per heavy atom. The Balaban J connectivity index is 1.49. The lowest BCUT2D eigenvalue weighted by atomic mass is 9.86. The molecule has 0 aliphatic carbocycles. The Morgan fingerprint density at radius 1 is 0.900 bits per heavy atom. The van der Waals surface area contributed by atoms with Gasteiger partial charge in [0.15, 0.2) is 0 Å². The molecule has 40 heavy (non-hydrogen) atoms. The minimum atomic E-state index is -0.358. The number of anilines is 2. The van der Waals surface area contributed by atoms with E-state index >= 15 is 0 Å². The Bertz CT molecular complexity index is 1680. The van der Waals surface area contributed by atoms with Gasteiger partial charge in [-0.2, -0.15) is 5.21 Å². The number of aryl methyl sites for hydroxylation is 1. The van der Waals surface area contributed by atoms with Gasteiger partial charge in [-0.25, -0.2) is 4.79 Å². The van der Waals surface area contributed by atoms with Crippen molar-refractivity contribution in [3.63, 3.8) is 0 Å². The SMILES string of the molecule is CC1=C[C@H](c2ccccc2)c2cc(-c3ccccc3-c3nn[nH]n3)cc(NC(=O)Nc3ccc(C)cc3)c2OC1. The number of benzene rings is 4. The molecule has 0 unspecified atom stereocenters. The van der Waals surface area contributed by atoms with Crippen molar-refractivity contribution in [2.75, 3.05) is 17.2 Å². The summed E-state index contributed by atoms with van der Waals surface area (Å²) in [5.41, 5.74) is 8.21. The molecule has 0 spiro atoms. The number of amides is 2. The van der Waals surface area contributed by atoms with Crippen LogP contribution in [0.5, 0.6) is 5.75 Å². The van der Waals surface area contributed by atoms with E-state index in [2.05, 4.69) is 62.5 Å². The molecule has 0 saturated carbocycles. The molecule has 198 valence electrons. The van der Waals surface area contributed by atoms with Crippen LogP contribution in [-0.2, 0) is 0 Å². The van der Waals surface area contributed by atoms with E-state index in [1.165, 1.54) is 0 Å². The highest BCUT2D eigenvalue weighted by Crippen LogP contribution is 2.44. The van der Waals surface area contributed by atoms with Crippen LogP contribution >= 0.6 is 0 Å². The molecule has 1 aromatic heterocycles. The number of ether oxygens (including phenoxy) is 1. The summed E-state index contributed by atoms with van der Waals surface area (Å²) >= 11 is 0. The summed E-state index contributed by atoms with van der Waals surface area (Å²) in [5, 5.41) is 20.7. The van der Waals surface area contributed by atoms with Gasteiger partial charge in [-0.05, 0) is 65.6 Å². The maximum absolute atomic E-state index is 13.2. The standard InChI is InChI=1S/C32H28N6O2/c1-20-12-14-24(15-13-20)33-32(39)34-29-18-23(25-10-6-7-11-26(25)31-35-37-38-36-31)17-28-27(22-8-4-3-5-9-22)16-21(2)19-40-30(28)29/h3-18,27H,19H2,1-2H3,(H2,33,34,39)(H,35,36,37,38)/t27-/m1/s1. The first-order chi connectivity index (χ1) is 19.5. The maximum Gasteiger partial charge on any atom is 0.323 e. The lowest BCUT2D eigenvalue weighted by molar-refractivity contribution is 0.262. The minimum Gasteiger partial charge on any atom is -0.487 e. The van der Waals surface area contributed by atoms with E-state index in [1.54, 1.807) is 0 Å². The number of urea groups is 1. The largest absolute Gasteiger partial charge is 0.487 e. The van der Waals surface area contributed by atoms with Crippen molar-refractivity contribution in [1.82, 2.24) is 20.6 Å². The summed E-state index contributed by atoms with van der Waals surface area (Å²) in [6.07, 6.45) is 2.23. The Hall–Kier alpha value is -5.24. The quantitative estimate of drug-likeness (QED) is 0.214. The number of tetrazole rings is 1. The van der Waals surface area contributed by atoms with E-state index in [0.29, 0.717) is 29.6 Å². The van der Waals surface area contributed by atoms with Gasteiger partial charge in [0.25, 0.3) is 0 Å². The predicted octanol–water partition coefficient (Wildman–Crippen LogP) is 6.96. The number of fused-ring (bicyclic) bond motifs is 1. The number of allylic oxidation sites excluding steroid dienone is 1. The van der Waals surface area contributed by atoms with Gasteiger partial charge >= 0.3 is 6.03 Å². The average Bonchev–Trinajstić information content (AvgIpc) is 3.46. The molecule has 0 bridgehead atoms. The van der Waals surface area contributed by atoms with E-state index in [-0.39, 0.29) is 11.9 Å². The summed E-state index contributed by atoms with van der Waals surface area (Å²) < 4.78 is 6.35. The third-order valence-corrected chi connectivity index (χ3v) is 6.89. The van der Waals surface area contributed by atoms with Gasteiger partial charge in [-0.1, -0.05) is 78.4 Å². The maximum atomic E-state index is 13.2. The van der Waals surface area contributed by atoms with Crippen molar-refractivity contribution in [2.45, 2.75) is 19.8 Å². The zero-order valence-corrected chi connectivity index (χ0v) is 22.2. The van der Waals surface area contributed by atoms with Crippen LogP contribution in [0.25, 0.3) is 22.5 Å². The topological polar surface area (TPSA) is 105 Å². The molecular formula is C32H28N6O2. The summed E-state index contributed by atoms with van der Waals surface area (Å²) in [4.78, 5) is 13.2. The van der Waals surface area contributed by atoms with E-state index in [1.807, 2.05) is 79.7 Å². The molecule has 4 aromatic carbocycles. The number of hydrogen-bond donors (Lipinski definition) is 3. The van der Waals surface area contributed by atoms with Crippen LogP contribution in [-0.4, -0.2) is 33.3 Å². The Kier molecular flexibility index (Phi) is 6.80. The van der Waals surface area contributed by atoms with Crippen LogP contribution in [0.15, 0.2) is 103 Å². The van der Waals surface area contributed by atoms with Gasteiger partial charge in [0.1, 0.15) is 12.4 Å². The van der Waals surface area contributed by atoms with Crippen molar-refractivity contribution in [2.24, 2.45) is 0 Å². The average molecular weight is 529 g/mol. The molecule has 8 heteroatoms. The zero-order chi connectivity index (χ0) is 27.5. The summed E-state index contributed by atoms with van der Waals surface area (Å²) in [6.45, 7) is 4.49. The molecule has 1 atom stereocenters. The van der Waals surface area contributed by atoms with E-state index in [9.17, 15) is 4.79 Å². The second-order valence-corrected chi connectivity index (χ2v) is 9.86. The van der Waals surface area contributed by atoms with Crippen molar-refractivity contribution in [3.05, 3.63) is 119 Å². The van der Waals surface area contributed by atoms with Gasteiger partial charge < -0.3 is 15.4 Å². The first kappa shape index (κ1) is 25.1. The molecule has 2 amide bonds. The van der Waals surface area contributed by atoms with Crippen molar-refractivity contribution in [3.8, 4) is 28.3 Å². The highest BCUT2D eigenvalue weighted by molar-refractivity contribution is 6.01. The first-order valence-corrected chi connectivity index (χ1v) is 13.1. The van der Waals surface area contributed by atoms with E-state index < -0.39 is 0 Å². The predicted molar refractivity (Wildman–Crippen MR) is 156 cm³/mol. The molecule has 2 heterocycles. The normalized spacial score (nSPS) is 14.3. The molecule has 3 N–H and O–H groups in total. The number of H-pyrrole nitrogens is 1. The van der Waals surface area contributed by atoms with Crippen LogP contribution in [0.2, 0.25) is 0 Å². The molecule has 0 radical (unpaired) electrons. The van der Waals surface area contributed by atoms with Crippen LogP contribution in [0.4, 0.5) is 16.2 Å². The van der Waals surface area contributed by atoms with Gasteiger partial charge in [0.2, 0.25) is 5.82 Å². The van der Waals surface area contributed by atoms with Gasteiger partial charge in [-0.3, -0.25) is 0 Å². The number of carbonyl (C=O) groups is 1. The second-order valence-electron chi connectivity index (χ2n) is 9.86. The summed E-state index contributed by atoms with van der Waals surface area (Å²) in [5.74, 6) is 1.06. The summed E-state index contributed by atoms with van der Waals surface area (Å²) in [7, 11) is 0. The van der Waals surface area contributed by atoms with Gasteiger partial charge in [0, 0.05) is 22.7 Å². The second kappa shape index (κ2) is 10.9. The third-order valence-electron chi connectivity index (χ3n) is 6.89. The zero-order valence-electron chi connectivity index (χ0n) is 22.2. The van der Waals surface area contributed by atoms with Crippen LogP contribution in [0, 0.1) is 6.92 Å². The molecule has 1 aliphatic rings.